The molecule has 3 heterocycles. The van der Waals surface area contributed by atoms with E-state index in [1.54, 1.807) is 12.4 Å². The molecule has 2 aliphatic heterocycles. The topological polar surface area (TPSA) is 34.6 Å². The predicted molar refractivity (Wildman–Crippen MR) is 94.2 cm³/mol. The summed E-state index contributed by atoms with van der Waals surface area (Å²) in [4.78, 5) is 6.88. The lowest BCUT2D eigenvalue weighted by Gasteiger charge is -2.40. The lowest BCUT2D eigenvalue weighted by molar-refractivity contribution is -0.0726. The molecule has 3 atom stereocenters. The standard InChI is InChI=1S/C20H30N2O2/c1-20(15-23-18-8-5-10-21-13-18)12-16-14-22(11-9-19(16)24-20)17-6-3-2-4-7-17/h5,8,10,13,16-17,19H,2-4,6-7,9,11-12,14-15H2,1H3/t16-,19+,20-/m1/s1. The van der Waals surface area contributed by atoms with E-state index in [1.807, 2.05) is 12.1 Å². The van der Waals surface area contributed by atoms with Crippen molar-refractivity contribution >= 4 is 0 Å². The van der Waals surface area contributed by atoms with Crippen LogP contribution in [0.5, 0.6) is 5.75 Å². The van der Waals surface area contributed by atoms with Crippen molar-refractivity contribution in [1.29, 1.82) is 0 Å². The molecule has 0 bridgehead atoms. The molecule has 0 aromatic carbocycles. The fourth-order valence-electron chi connectivity index (χ4n) is 4.90. The molecule has 4 rings (SSSR count). The van der Waals surface area contributed by atoms with E-state index in [9.17, 15) is 0 Å². The van der Waals surface area contributed by atoms with Gasteiger partial charge in [0.1, 0.15) is 18.0 Å². The molecule has 4 nitrogen and oxygen atoms in total. The summed E-state index contributed by atoms with van der Waals surface area (Å²) in [5, 5.41) is 0. The molecule has 0 spiro atoms. The second-order valence-electron chi connectivity index (χ2n) is 8.12. The van der Waals surface area contributed by atoms with Gasteiger partial charge in [-0.2, -0.15) is 0 Å². The smallest absolute Gasteiger partial charge is 0.137 e. The Morgan fingerprint density at radius 1 is 1.29 bits per heavy atom. The average molecular weight is 330 g/mol. The maximum Gasteiger partial charge on any atom is 0.137 e. The molecule has 1 aromatic rings. The SMILES string of the molecule is C[C@]1(COc2cccnc2)C[C@@H]2CN(C3CCCCC3)CC[C@@H]2O1. The highest BCUT2D eigenvalue weighted by atomic mass is 16.6. The molecule has 4 heteroatoms. The van der Waals surface area contributed by atoms with E-state index in [4.69, 9.17) is 9.47 Å². The van der Waals surface area contributed by atoms with E-state index >= 15 is 0 Å². The van der Waals surface area contributed by atoms with Gasteiger partial charge in [0.15, 0.2) is 0 Å². The summed E-state index contributed by atoms with van der Waals surface area (Å²) < 4.78 is 12.4. The van der Waals surface area contributed by atoms with Crippen LogP contribution in [0.3, 0.4) is 0 Å². The van der Waals surface area contributed by atoms with Crippen molar-refractivity contribution in [3.05, 3.63) is 24.5 Å². The number of nitrogens with zero attached hydrogens (tertiary/aromatic N) is 2. The first kappa shape index (κ1) is 16.3. The van der Waals surface area contributed by atoms with Crippen LogP contribution in [0.15, 0.2) is 24.5 Å². The Bertz CT molecular complexity index is 532. The van der Waals surface area contributed by atoms with Crippen LogP contribution in [-0.4, -0.2) is 47.3 Å². The van der Waals surface area contributed by atoms with Crippen LogP contribution in [0.4, 0.5) is 0 Å². The number of hydrogen-bond donors (Lipinski definition) is 0. The highest BCUT2D eigenvalue weighted by molar-refractivity contribution is 5.15. The van der Waals surface area contributed by atoms with Gasteiger partial charge in [-0.1, -0.05) is 19.3 Å². The van der Waals surface area contributed by atoms with Crippen LogP contribution >= 0.6 is 0 Å². The Labute approximate surface area is 145 Å². The number of fused-ring (bicyclic) bond motifs is 1. The molecular weight excluding hydrogens is 300 g/mol. The second-order valence-corrected chi connectivity index (χ2v) is 8.12. The summed E-state index contributed by atoms with van der Waals surface area (Å²) in [5.41, 5.74) is -0.159. The van der Waals surface area contributed by atoms with Gasteiger partial charge in [0.25, 0.3) is 0 Å². The van der Waals surface area contributed by atoms with Crippen LogP contribution in [0.2, 0.25) is 0 Å². The fraction of sp³-hybridized carbons (Fsp3) is 0.750. The number of ether oxygens (including phenoxy) is 2. The largest absolute Gasteiger partial charge is 0.489 e. The Balaban J connectivity index is 1.33. The van der Waals surface area contributed by atoms with Gasteiger partial charge in [0.2, 0.25) is 0 Å². The Hall–Kier alpha value is -1.13. The first-order valence-electron chi connectivity index (χ1n) is 9.67. The van der Waals surface area contributed by atoms with Crippen LogP contribution in [0.25, 0.3) is 0 Å². The van der Waals surface area contributed by atoms with Gasteiger partial charge in [0.05, 0.1) is 12.3 Å². The highest BCUT2D eigenvalue weighted by Gasteiger charge is 2.46. The van der Waals surface area contributed by atoms with Gasteiger partial charge in [-0.15, -0.1) is 0 Å². The maximum absolute atomic E-state index is 6.44. The van der Waals surface area contributed by atoms with Gasteiger partial charge in [0, 0.05) is 31.2 Å². The van der Waals surface area contributed by atoms with Crippen LogP contribution < -0.4 is 4.74 Å². The second kappa shape index (κ2) is 7.01. The summed E-state index contributed by atoms with van der Waals surface area (Å²) >= 11 is 0. The van der Waals surface area contributed by atoms with E-state index in [0.717, 1.165) is 18.2 Å². The minimum atomic E-state index is -0.159. The average Bonchev–Trinajstić information content (AvgIpc) is 2.97. The zero-order chi connectivity index (χ0) is 16.4. The molecule has 0 N–H and O–H groups in total. The highest BCUT2D eigenvalue weighted by Crippen LogP contribution is 2.41. The zero-order valence-electron chi connectivity index (χ0n) is 14.8. The lowest BCUT2D eigenvalue weighted by atomic mass is 9.86. The number of pyridine rings is 1. The summed E-state index contributed by atoms with van der Waals surface area (Å²) in [5.74, 6) is 1.50. The first-order chi connectivity index (χ1) is 11.7. The molecule has 2 saturated heterocycles. The van der Waals surface area contributed by atoms with E-state index in [-0.39, 0.29) is 5.60 Å². The van der Waals surface area contributed by atoms with Crippen molar-refractivity contribution in [1.82, 2.24) is 9.88 Å². The molecule has 132 valence electrons. The monoisotopic (exact) mass is 330 g/mol. The summed E-state index contributed by atoms with van der Waals surface area (Å²) in [7, 11) is 0. The van der Waals surface area contributed by atoms with Crippen molar-refractivity contribution in [2.24, 2.45) is 5.92 Å². The summed E-state index contributed by atoms with van der Waals surface area (Å²) in [6, 6.07) is 4.70. The van der Waals surface area contributed by atoms with E-state index in [2.05, 4.69) is 16.8 Å². The molecule has 3 fully saturated rings. The Morgan fingerprint density at radius 2 is 2.17 bits per heavy atom. The summed E-state index contributed by atoms with van der Waals surface area (Å²) in [6.45, 7) is 5.27. The molecular formula is C20H30N2O2. The molecule has 0 amide bonds. The van der Waals surface area contributed by atoms with Crippen molar-refractivity contribution in [3.63, 3.8) is 0 Å². The molecule has 0 unspecified atom stereocenters. The van der Waals surface area contributed by atoms with Gasteiger partial charge >= 0.3 is 0 Å². The third-order valence-electron chi connectivity index (χ3n) is 6.10. The molecule has 1 aliphatic carbocycles. The normalized spacial score (nSPS) is 34.9. The Morgan fingerprint density at radius 3 is 2.96 bits per heavy atom. The summed E-state index contributed by atoms with van der Waals surface area (Å²) in [6.07, 6.45) is 13.3. The number of hydrogen-bond acceptors (Lipinski definition) is 4. The third kappa shape index (κ3) is 3.60. The van der Waals surface area contributed by atoms with E-state index in [0.29, 0.717) is 18.6 Å². The minimum Gasteiger partial charge on any atom is -0.489 e. The van der Waals surface area contributed by atoms with Crippen molar-refractivity contribution < 1.29 is 9.47 Å². The Kier molecular flexibility index (Phi) is 4.77. The molecule has 1 saturated carbocycles. The predicted octanol–water partition coefficient (Wildman–Crippen LogP) is 3.66. The quantitative estimate of drug-likeness (QED) is 0.844. The zero-order valence-corrected chi connectivity index (χ0v) is 14.8. The van der Waals surface area contributed by atoms with Crippen molar-refractivity contribution in [2.45, 2.75) is 69.6 Å². The van der Waals surface area contributed by atoms with Crippen LogP contribution in [0, 0.1) is 5.92 Å². The van der Waals surface area contributed by atoms with Gasteiger partial charge < -0.3 is 9.47 Å². The van der Waals surface area contributed by atoms with E-state index < -0.39 is 0 Å². The van der Waals surface area contributed by atoms with Crippen LogP contribution in [-0.2, 0) is 4.74 Å². The molecule has 1 aromatic heterocycles. The van der Waals surface area contributed by atoms with Crippen molar-refractivity contribution in [2.75, 3.05) is 19.7 Å². The number of piperidine rings is 1. The lowest BCUT2D eigenvalue weighted by Crippen LogP contribution is -2.47. The first-order valence-corrected chi connectivity index (χ1v) is 9.67. The van der Waals surface area contributed by atoms with Gasteiger partial charge in [-0.05, 0) is 44.7 Å². The molecule has 3 aliphatic rings. The molecule has 0 radical (unpaired) electrons. The van der Waals surface area contributed by atoms with Gasteiger partial charge in [-0.25, -0.2) is 0 Å². The third-order valence-corrected chi connectivity index (χ3v) is 6.10. The van der Waals surface area contributed by atoms with Crippen molar-refractivity contribution in [3.8, 4) is 5.75 Å². The number of likely N-dealkylation sites (tertiary alicyclic amines) is 1. The maximum atomic E-state index is 6.44. The number of aromatic nitrogens is 1. The molecule has 24 heavy (non-hydrogen) atoms. The van der Waals surface area contributed by atoms with E-state index in [1.165, 1.54) is 51.6 Å². The number of rotatable bonds is 4. The minimum absolute atomic E-state index is 0.159. The fourth-order valence-corrected chi connectivity index (χ4v) is 4.90. The van der Waals surface area contributed by atoms with Crippen LogP contribution in [0.1, 0.15) is 51.9 Å². The van der Waals surface area contributed by atoms with Gasteiger partial charge in [-0.3, -0.25) is 9.88 Å².